The molecule has 2 saturated heterocycles. The Kier molecular flexibility index (Phi) is 8.35. The van der Waals surface area contributed by atoms with Crippen LogP contribution in [-0.4, -0.2) is 81.6 Å². The molecule has 1 aromatic carbocycles. The highest BCUT2D eigenvalue weighted by molar-refractivity contribution is 6.00. The second kappa shape index (κ2) is 11.4. The molecule has 36 heavy (non-hydrogen) atoms. The van der Waals surface area contributed by atoms with Crippen molar-refractivity contribution in [3.05, 3.63) is 29.8 Å². The highest BCUT2D eigenvalue weighted by Crippen LogP contribution is 2.25. The molecular formula is C23H26N4O9. The predicted molar refractivity (Wildman–Crippen MR) is 120 cm³/mol. The molecule has 13 heteroatoms. The van der Waals surface area contributed by atoms with Crippen LogP contribution in [0.1, 0.15) is 49.4 Å². The third-order valence-electron chi connectivity index (χ3n) is 5.73. The highest BCUT2D eigenvalue weighted by atomic mass is 16.5. The molecule has 13 nitrogen and oxygen atoms in total. The molecule has 2 aliphatic rings. The second-order valence-electron chi connectivity index (χ2n) is 8.39. The molecule has 3 N–H and O–H groups in total. The molecule has 0 unspecified atom stereocenters. The molecule has 1 aromatic rings. The number of carboxylic acid groups (broad SMARTS) is 1. The van der Waals surface area contributed by atoms with Crippen LogP contribution in [0.15, 0.2) is 24.3 Å². The van der Waals surface area contributed by atoms with E-state index in [1.165, 1.54) is 36.2 Å². The van der Waals surface area contributed by atoms with Gasteiger partial charge in [0.15, 0.2) is 0 Å². The van der Waals surface area contributed by atoms with Gasteiger partial charge in [-0.25, -0.2) is 5.01 Å². The van der Waals surface area contributed by atoms with Gasteiger partial charge in [0.05, 0.1) is 12.5 Å². The van der Waals surface area contributed by atoms with Gasteiger partial charge in [0.25, 0.3) is 11.8 Å². The van der Waals surface area contributed by atoms with Gasteiger partial charge < -0.3 is 25.3 Å². The Morgan fingerprint density at radius 2 is 1.86 bits per heavy atom. The standard InChI is InChI=1S/C23H26N4O9/c1-13(29)36-16-6-4-14(5-7-16)21(33)25-17-8-9-19(30)26-10-2-3-18(27(26)23(17)35)22(34)24-15(12-28)11-20(31)32/h4-7,12,15,17-18H,2-3,8-11H2,1H3,(H,24,34)(H,25,33)(H,31,32)/t15-,17-,18-/m0/s1. The predicted octanol–water partition coefficient (Wildman–Crippen LogP) is -0.603. The molecular weight excluding hydrogens is 476 g/mol. The fourth-order valence-corrected chi connectivity index (χ4v) is 4.09. The Bertz CT molecular complexity index is 1070. The van der Waals surface area contributed by atoms with Gasteiger partial charge in [-0.15, -0.1) is 0 Å². The zero-order valence-corrected chi connectivity index (χ0v) is 19.5. The van der Waals surface area contributed by atoms with Crippen molar-refractivity contribution < 1.29 is 43.4 Å². The van der Waals surface area contributed by atoms with Crippen LogP contribution in [0.2, 0.25) is 0 Å². The number of carboxylic acids is 1. The highest BCUT2D eigenvalue weighted by Gasteiger charge is 2.44. The molecule has 0 spiro atoms. The van der Waals surface area contributed by atoms with Gasteiger partial charge in [0, 0.05) is 25.5 Å². The van der Waals surface area contributed by atoms with Crippen molar-refractivity contribution in [2.24, 2.45) is 0 Å². The minimum atomic E-state index is -1.30. The van der Waals surface area contributed by atoms with E-state index in [1.54, 1.807) is 0 Å². The number of carbonyl (C=O) groups is 7. The number of hydrazine groups is 1. The molecule has 0 aromatic heterocycles. The normalized spacial score (nSPS) is 20.5. The van der Waals surface area contributed by atoms with Crippen LogP contribution in [0, 0.1) is 0 Å². The average Bonchev–Trinajstić information content (AvgIpc) is 2.95. The first-order chi connectivity index (χ1) is 17.1. The average molecular weight is 502 g/mol. The number of amides is 4. The Labute approximate surface area is 205 Å². The number of esters is 1. The first-order valence-electron chi connectivity index (χ1n) is 11.3. The zero-order valence-electron chi connectivity index (χ0n) is 19.5. The number of nitrogens with zero attached hydrogens (tertiary/aromatic N) is 2. The lowest BCUT2D eigenvalue weighted by atomic mass is 10.0. The van der Waals surface area contributed by atoms with Crippen molar-refractivity contribution in [2.45, 2.75) is 57.2 Å². The Morgan fingerprint density at radius 3 is 2.47 bits per heavy atom. The van der Waals surface area contributed by atoms with E-state index in [-0.39, 0.29) is 43.4 Å². The molecule has 192 valence electrons. The summed E-state index contributed by atoms with van der Waals surface area (Å²) in [5, 5.41) is 16.0. The first kappa shape index (κ1) is 26.3. The number of hydrogen-bond donors (Lipinski definition) is 3. The number of aliphatic carboxylic acids is 1. The fraction of sp³-hybridized carbons (Fsp3) is 0.435. The Hall–Kier alpha value is -4.29. The summed E-state index contributed by atoms with van der Waals surface area (Å²) in [7, 11) is 0. The largest absolute Gasteiger partial charge is 0.481 e. The van der Waals surface area contributed by atoms with Crippen molar-refractivity contribution >= 4 is 41.9 Å². The molecule has 4 amide bonds. The smallest absolute Gasteiger partial charge is 0.308 e. The van der Waals surface area contributed by atoms with Crippen LogP contribution in [0.5, 0.6) is 5.75 Å². The second-order valence-corrected chi connectivity index (χ2v) is 8.39. The molecule has 2 fully saturated rings. The quantitative estimate of drug-likeness (QED) is 0.238. The number of hydrogen-bond acceptors (Lipinski definition) is 8. The third kappa shape index (κ3) is 6.23. The summed E-state index contributed by atoms with van der Waals surface area (Å²) in [6.07, 6.45) is 0.197. The van der Waals surface area contributed by atoms with E-state index in [9.17, 15) is 33.6 Å². The number of fused-ring (bicyclic) bond motifs is 1. The fourth-order valence-electron chi connectivity index (χ4n) is 4.09. The number of rotatable bonds is 8. The summed E-state index contributed by atoms with van der Waals surface area (Å²) in [5.74, 6) is -4.02. The van der Waals surface area contributed by atoms with Crippen LogP contribution in [0.4, 0.5) is 0 Å². The van der Waals surface area contributed by atoms with Gasteiger partial charge in [0.1, 0.15) is 24.1 Å². The van der Waals surface area contributed by atoms with Crippen molar-refractivity contribution in [1.29, 1.82) is 0 Å². The summed E-state index contributed by atoms with van der Waals surface area (Å²) < 4.78 is 4.93. The van der Waals surface area contributed by atoms with Gasteiger partial charge >= 0.3 is 11.9 Å². The Morgan fingerprint density at radius 1 is 1.17 bits per heavy atom. The molecule has 0 bridgehead atoms. The van der Waals surface area contributed by atoms with Gasteiger partial charge in [-0.3, -0.25) is 33.8 Å². The van der Waals surface area contributed by atoms with E-state index in [0.29, 0.717) is 6.42 Å². The van der Waals surface area contributed by atoms with Crippen molar-refractivity contribution in [2.75, 3.05) is 6.54 Å². The van der Waals surface area contributed by atoms with E-state index >= 15 is 0 Å². The maximum absolute atomic E-state index is 13.4. The van der Waals surface area contributed by atoms with Crippen LogP contribution >= 0.6 is 0 Å². The van der Waals surface area contributed by atoms with Crippen LogP contribution in [0.25, 0.3) is 0 Å². The van der Waals surface area contributed by atoms with Crippen LogP contribution in [-0.2, 0) is 28.8 Å². The number of benzene rings is 1. The molecule has 0 aliphatic carbocycles. The van der Waals surface area contributed by atoms with Gasteiger partial charge in [-0.1, -0.05) is 0 Å². The zero-order chi connectivity index (χ0) is 26.4. The summed E-state index contributed by atoms with van der Waals surface area (Å²) in [4.78, 5) is 85.0. The van der Waals surface area contributed by atoms with Crippen molar-refractivity contribution in [3.8, 4) is 5.75 Å². The van der Waals surface area contributed by atoms with E-state index in [1.807, 2.05) is 0 Å². The third-order valence-corrected chi connectivity index (χ3v) is 5.73. The van der Waals surface area contributed by atoms with Gasteiger partial charge in [-0.2, -0.15) is 0 Å². The summed E-state index contributed by atoms with van der Waals surface area (Å²) in [6.45, 7) is 1.43. The summed E-state index contributed by atoms with van der Waals surface area (Å²) in [6, 6.07) is 2.08. The lowest BCUT2D eigenvalue weighted by Crippen LogP contribution is -2.64. The molecule has 0 saturated carbocycles. The van der Waals surface area contributed by atoms with Gasteiger partial charge in [0.2, 0.25) is 11.8 Å². The Balaban J connectivity index is 1.77. The van der Waals surface area contributed by atoms with Crippen molar-refractivity contribution in [1.82, 2.24) is 20.7 Å². The first-order valence-corrected chi connectivity index (χ1v) is 11.3. The van der Waals surface area contributed by atoms with E-state index in [4.69, 9.17) is 9.84 Å². The molecule has 2 aliphatic heterocycles. The maximum Gasteiger partial charge on any atom is 0.308 e. The maximum atomic E-state index is 13.4. The summed E-state index contributed by atoms with van der Waals surface area (Å²) >= 11 is 0. The topological polar surface area (TPSA) is 179 Å². The lowest BCUT2D eigenvalue weighted by Gasteiger charge is -2.43. The van der Waals surface area contributed by atoms with E-state index < -0.39 is 60.1 Å². The number of ether oxygens (including phenoxy) is 1. The molecule has 0 radical (unpaired) electrons. The van der Waals surface area contributed by atoms with Crippen molar-refractivity contribution in [3.63, 3.8) is 0 Å². The van der Waals surface area contributed by atoms with E-state index in [2.05, 4.69) is 10.6 Å². The number of carbonyl (C=O) groups excluding carboxylic acids is 6. The lowest BCUT2D eigenvalue weighted by molar-refractivity contribution is -0.176. The number of aldehydes is 1. The van der Waals surface area contributed by atoms with Crippen LogP contribution < -0.4 is 15.4 Å². The van der Waals surface area contributed by atoms with Gasteiger partial charge in [-0.05, 0) is 43.5 Å². The van der Waals surface area contributed by atoms with E-state index in [0.717, 1.165) is 5.01 Å². The number of nitrogens with one attached hydrogen (secondary N) is 2. The SMILES string of the molecule is CC(=O)Oc1ccc(C(=O)N[C@H]2CCC(=O)N3CCC[C@@H](C(=O)N[C@H](C=O)CC(=O)O)N3C2=O)cc1. The molecule has 3 rings (SSSR count). The molecule has 3 atom stereocenters. The van der Waals surface area contributed by atoms with Crippen LogP contribution in [0.3, 0.4) is 0 Å². The monoisotopic (exact) mass is 502 g/mol. The minimum Gasteiger partial charge on any atom is -0.481 e. The minimum absolute atomic E-state index is 0.00620. The summed E-state index contributed by atoms with van der Waals surface area (Å²) in [5.41, 5.74) is 0.182. The molecule has 2 heterocycles.